The van der Waals surface area contributed by atoms with Gasteiger partial charge in [0.1, 0.15) is 23.9 Å². The predicted octanol–water partition coefficient (Wildman–Crippen LogP) is 2.95. The van der Waals surface area contributed by atoms with Crippen molar-refractivity contribution in [3.05, 3.63) is 78.1 Å². The van der Waals surface area contributed by atoms with E-state index in [9.17, 15) is 4.79 Å². The normalized spacial score (nSPS) is 10.9. The van der Waals surface area contributed by atoms with Gasteiger partial charge < -0.3 is 30.1 Å². The van der Waals surface area contributed by atoms with Crippen LogP contribution in [0, 0.1) is 0 Å². The van der Waals surface area contributed by atoms with Gasteiger partial charge in [-0.15, -0.1) is 0 Å². The number of hydrogen-bond donors (Lipinski definition) is 2. The van der Waals surface area contributed by atoms with E-state index < -0.39 is 5.91 Å². The second-order valence-electron chi connectivity index (χ2n) is 6.54. The average molecular weight is 436 g/mol. The molecule has 0 fully saturated rings. The highest BCUT2D eigenvalue weighted by Crippen LogP contribution is 2.28. The molecule has 0 saturated carbocycles. The molecule has 0 saturated heterocycles. The standard InChI is InChI=1S/C23H24N4O5/c1-29-18-8-9-20(21(12-18)30-2)26-22(28)15-32-27-23(24)17-6-3-7-19(11-17)31-14-16-5-4-10-25-13-16/h3-13H,14-15H2,1-2H3,(H2,24,27)(H,26,28). The number of aromatic nitrogens is 1. The van der Waals surface area contributed by atoms with E-state index in [0.717, 1.165) is 5.56 Å². The Morgan fingerprint density at radius 2 is 1.94 bits per heavy atom. The molecule has 1 amide bonds. The van der Waals surface area contributed by atoms with E-state index in [0.29, 0.717) is 35.1 Å². The SMILES string of the molecule is COc1ccc(NC(=O)CO/N=C(/N)c2cccc(OCc3cccnc3)c2)c(OC)c1. The molecule has 1 heterocycles. The second-order valence-corrected chi connectivity index (χ2v) is 6.54. The lowest BCUT2D eigenvalue weighted by molar-refractivity contribution is -0.120. The monoisotopic (exact) mass is 436 g/mol. The van der Waals surface area contributed by atoms with Gasteiger partial charge in [0, 0.05) is 29.6 Å². The van der Waals surface area contributed by atoms with Crippen molar-refractivity contribution < 1.29 is 23.8 Å². The fourth-order valence-electron chi connectivity index (χ4n) is 2.70. The number of amides is 1. The van der Waals surface area contributed by atoms with Crippen molar-refractivity contribution >= 4 is 17.4 Å². The molecule has 9 heteroatoms. The summed E-state index contributed by atoms with van der Waals surface area (Å²) in [7, 11) is 3.05. The van der Waals surface area contributed by atoms with E-state index in [1.807, 2.05) is 18.2 Å². The predicted molar refractivity (Wildman–Crippen MR) is 120 cm³/mol. The Labute approximate surface area is 185 Å². The van der Waals surface area contributed by atoms with Crippen LogP contribution >= 0.6 is 0 Å². The number of amidine groups is 1. The fraction of sp³-hybridized carbons (Fsp3) is 0.174. The molecule has 0 spiro atoms. The number of rotatable bonds is 10. The number of nitrogens with one attached hydrogen (secondary N) is 1. The highest BCUT2D eigenvalue weighted by atomic mass is 16.6. The van der Waals surface area contributed by atoms with Gasteiger partial charge in [-0.2, -0.15) is 0 Å². The summed E-state index contributed by atoms with van der Waals surface area (Å²) in [6, 6.07) is 15.9. The first-order valence-corrected chi connectivity index (χ1v) is 9.68. The molecular weight excluding hydrogens is 412 g/mol. The number of nitrogens with zero attached hydrogens (tertiary/aromatic N) is 2. The van der Waals surface area contributed by atoms with E-state index in [1.165, 1.54) is 7.11 Å². The molecule has 9 nitrogen and oxygen atoms in total. The third-order valence-electron chi connectivity index (χ3n) is 4.30. The molecule has 0 bridgehead atoms. The molecule has 0 atom stereocenters. The van der Waals surface area contributed by atoms with Crippen LogP contribution in [0.3, 0.4) is 0 Å². The van der Waals surface area contributed by atoms with E-state index >= 15 is 0 Å². The quantitative estimate of drug-likeness (QED) is 0.285. The Hall–Kier alpha value is -4.27. The molecule has 3 rings (SSSR count). The summed E-state index contributed by atoms with van der Waals surface area (Å²) >= 11 is 0. The minimum absolute atomic E-state index is 0.117. The number of hydrogen-bond acceptors (Lipinski definition) is 7. The number of carbonyl (C=O) groups excluding carboxylic acids is 1. The van der Waals surface area contributed by atoms with Crippen molar-refractivity contribution in [3.63, 3.8) is 0 Å². The van der Waals surface area contributed by atoms with E-state index in [4.69, 9.17) is 24.8 Å². The zero-order valence-corrected chi connectivity index (χ0v) is 17.8. The minimum atomic E-state index is -0.418. The van der Waals surface area contributed by atoms with Crippen LogP contribution in [0.4, 0.5) is 5.69 Å². The van der Waals surface area contributed by atoms with Crippen molar-refractivity contribution in [2.24, 2.45) is 10.9 Å². The van der Waals surface area contributed by atoms with Gasteiger partial charge in [-0.05, 0) is 30.3 Å². The van der Waals surface area contributed by atoms with Crippen LogP contribution in [0.2, 0.25) is 0 Å². The Kier molecular flexibility index (Phi) is 7.85. The lowest BCUT2D eigenvalue weighted by atomic mass is 10.2. The Morgan fingerprint density at radius 3 is 2.69 bits per heavy atom. The van der Waals surface area contributed by atoms with Crippen LogP contribution in [0.1, 0.15) is 11.1 Å². The zero-order valence-electron chi connectivity index (χ0n) is 17.8. The van der Waals surface area contributed by atoms with Crippen LogP contribution in [-0.4, -0.2) is 37.6 Å². The second kappa shape index (κ2) is 11.2. The number of ether oxygens (including phenoxy) is 3. The average Bonchev–Trinajstić information content (AvgIpc) is 2.83. The topological polar surface area (TPSA) is 117 Å². The highest BCUT2D eigenvalue weighted by molar-refractivity contribution is 5.97. The smallest absolute Gasteiger partial charge is 0.265 e. The summed E-state index contributed by atoms with van der Waals surface area (Å²) in [6.45, 7) is 0.0485. The first-order valence-electron chi connectivity index (χ1n) is 9.68. The van der Waals surface area contributed by atoms with Gasteiger partial charge in [-0.1, -0.05) is 23.4 Å². The molecule has 0 aliphatic heterocycles. The van der Waals surface area contributed by atoms with Crippen LogP contribution in [0.25, 0.3) is 0 Å². The maximum absolute atomic E-state index is 12.2. The van der Waals surface area contributed by atoms with Gasteiger partial charge in [0.05, 0.1) is 19.9 Å². The molecule has 0 aliphatic rings. The molecule has 2 aromatic carbocycles. The Morgan fingerprint density at radius 1 is 1.06 bits per heavy atom. The van der Waals surface area contributed by atoms with Gasteiger partial charge in [-0.3, -0.25) is 9.78 Å². The number of benzene rings is 2. The Bertz CT molecular complexity index is 1070. The third-order valence-corrected chi connectivity index (χ3v) is 4.30. The maximum Gasteiger partial charge on any atom is 0.265 e. The molecular formula is C23H24N4O5. The summed E-state index contributed by atoms with van der Waals surface area (Å²) < 4.78 is 16.1. The van der Waals surface area contributed by atoms with Crippen LogP contribution in [0.15, 0.2) is 72.1 Å². The van der Waals surface area contributed by atoms with Gasteiger partial charge in [-0.25, -0.2) is 0 Å². The molecule has 0 aliphatic carbocycles. The van der Waals surface area contributed by atoms with Gasteiger partial charge in [0.15, 0.2) is 12.4 Å². The van der Waals surface area contributed by atoms with E-state index in [2.05, 4.69) is 15.5 Å². The third kappa shape index (κ3) is 6.36. The molecule has 32 heavy (non-hydrogen) atoms. The number of oxime groups is 1. The van der Waals surface area contributed by atoms with Crippen molar-refractivity contribution in [2.75, 3.05) is 26.1 Å². The first kappa shape index (κ1) is 22.4. The summed E-state index contributed by atoms with van der Waals surface area (Å²) in [5.41, 5.74) is 8.01. The van der Waals surface area contributed by atoms with Crippen molar-refractivity contribution in [1.29, 1.82) is 0 Å². The Balaban J connectivity index is 1.53. The summed E-state index contributed by atoms with van der Waals surface area (Å²) in [4.78, 5) is 21.3. The number of pyridine rings is 1. The molecule has 166 valence electrons. The molecule has 1 aromatic heterocycles. The maximum atomic E-state index is 12.2. The first-order chi connectivity index (χ1) is 15.6. The summed E-state index contributed by atoms with van der Waals surface area (Å²) in [5.74, 6) is 1.39. The molecule has 0 radical (unpaired) electrons. The van der Waals surface area contributed by atoms with Crippen LogP contribution in [-0.2, 0) is 16.2 Å². The molecule has 3 N–H and O–H groups in total. The summed E-state index contributed by atoms with van der Waals surface area (Å²) in [5, 5.41) is 6.51. The number of nitrogens with two attached hydrogens (primary N) is 1. The van der Waals surface area contributed by atoms with E-state index in [-0.39, 0.29) is 12.4 Å². The summed E-state index contributed by atoms with van der Waals surface area (Å²) in [6.07, 6.45) is 3.44. The largest absolute Gasteiger partial charge is 0.497 e. The van der Waals surface area contributed by atoms with Gasteiger partial charge >= 0.3 is 0 Å². The fourth-order valence-corrected chi connectivity index (χ4v) is 2.70. The van der Waals surface area contributed by atoms with Crippen LogP contribution < -0.4 is 25.3 Å². The minimum Gasteiger partial charge on any atom is -0.497 e. The lowest BCUT2D eigenvalue weighted by Crippen LogP contribution is -2.19. The van der Waals surface area contributed by atoms with E-state index in [1.54, 1.807) is 55.9 Å². The molecule has 0 unspecified atom stereocenters. The van der Waals surface area contributed by atoms with Gasteiger partial charge in [0.25, 0.3) is 5.91 Å². The molecule has 3 aromatic rings. The highest BCUT2D eigenvalue weighted by Gasteiger charge is 2.10. The number of carbonyl (C=O) groups is 1. The number of anilines is 1. The van der Waals surface area contributed by atoms with Crippen LogP contribution in [0.5, 0.6) is 17.2 Å². The van der Waals surface area contributed by atoms with Gasteiger partial charge in [0.2, 0.25) is 0 Å². The zero-order chi connectivity index (χ0) is 22.8. The number of methoxy groups -OCH3 is 2. The van der Waals surface area contributed by atoms with Crippen molar-refractivity contribution in [1.82, 2.24) is 4.98 Å². The van der Waals surface area contributed by atoms with Crippen molar-refractivity contribution in [3.8, 4) is 17.2 Å². The van der Waals surface area contributed by atoms with Crippen molar-refractivity contribution in [2.45, 2.75) is 6.61 Å². The lowest BCUT2D eigenvalue weighted by Gasteiger charge is -2.11.